The molecule has 1 fully saturated rings. The van der Waals surface area contributed by atoms with Gasteiger partial charge in [-0.3, -0.25) is 9.59 Å². The Labute approximate surface area is 190 Å². The molecule has 1 saturated heterocycles. The average Bonchev–Trinajstić information content (AvgIpc) is 3.10. The van der Waals surface area contributed by atoms with Crippen LogP contribution in [0.3, 0.4) is 0 Å². The lowest BCUT2D eigenvalue weighted by atomic mass is 10.1. The zero-order valence-corrected chi connectivity index (χ0v) is 18.8. The first-order chi connectivity index (χ1) is 15.7. The van der Waals surface area contributed by atoms with E-state index in [-0.39, 0.29) is 18.4 Å². The first-order valence-electron chi connectivity index (χ1n) is 11.4. The molecular formula is C25H33N3O4. The lowest BCUT2D eigenvalue weighted by molar-refractivity contribution is -0.114. The highest BCUT2D eigenvalue weighted by atomic mass is 16.5. The summed E-state index contributed by atoms with van der Waals surface area (Å²) in [6.07, 6.45) is 4.48. The van der Waals surface area contributed by atoms with Crippen molar-refractivity contribution in [3.63, 3.8) is 0 Å². The summed E-state index contributed by atoms with van der Waals surface area (Å²) in [6, 6.07) is 14.6. The van der Waals surface area contributed by atoms with Crippen LogP contribution in [0.1, 0.15) is 43.0 Å². The summed E-state index contributed by atoms with van der Waals surface area (Å²) in [7, 11) is 0. The molecule has 1 heterocycles. The largest absolute Gasteiger partial charge is 0.491 e. The summed E-state index contributed by atoms with van der Waals surface area (Å²) >= 11 is 0. The molecule has 7 heteroatoms. The fourth-order valence-electron chi connectivity index (χ4n) is 3.63. The topological polar surface area (TPSA) is 79.9 Å². The van der Waals surface area contributed by atoms with Crippen LogP contribution in [0.15, 0.2) is 48.5 Å². The maximum absolute atomic E-state index is 12.8. The first kappa shape index (κ1) is 23.6. The van der Waals surface area contributed by atoms with Crippen LogP contribution in [-0.4, -0.2) is 56.2 Å². The summed E-state index contributed by atoms with van der Waals surface area (Å²) in [5, 5.41) is 5.97. The van der Waals surface area contributed by atoms with E-state index in [4.69, 9.17) is 9.47 Å². The quantitative estimate of drug-likeness (QED) is 0.543. The number of amides is 2. The number of ether oxygens (including phenoxy) is 2. The van der Waals surface area contributed by atoms with Gasteiger partial charge in [-0.25, -0.2) is 0 Å². The Bertz CT molecular complexity index is 879. The molecular weight excluding hydrogens is 406 g/mol. The minimum absolute atomic E-state index is 0.0566. The van der Waals surface area contributed by atoms with Crippen LogP contribution < -0.4 is 15.4 Å². The van der Waals surface area contributed by atoms with Crippen molar-refractivity contribution in [2.45, 2.75) is 32.6 Å². The minimum atomic E-state index is -0.180. The number of anilines is 2. The Balaban J connectivity index is 1.49. The van der Waals surface area contributed by atoms with Gasteiger partial charge in [0.15, 0.2) is 0 Å². The molecule has 0 unspecified atom stereocenters. The monoisotopic (exact) mass is 439 g/mol. The van der Waals surface area contributed by atoms with E-state index in [0.29, 0.717) is 36.8 Å². The van der Waals surface area contributed by atoms with Gasteiger partial charge >= 0.3 is 0 Å². The number of nitrogens with zero attached hydrogens (tertiary/aromatic N) is 1. The third kappa shape index (κ3) is 7.57. The van der Waals surface area contributed by atoms with Crippen molar-refractivity contribution in [1.82, 2.24) is 4.90 Å². The number of benzene rings is 2. The van der Waals surface area contributed by atoms with Gasteiger partial charge in [-0.15, -0.1) is 0 Å². The molecule has 0 bridgehead atoms. The molecule has 2 N–H and O–H groups in total. The fourth-order valence-corrected chi connectivity index (χ4v) is 3.63. The van der Waals surface area contributed by atoms with E-state index in [9.17, 15) is 9.59 Å². The molecule has 2 aromatic carbocycles. The van der Waals surface area contributed by atoms with Gasteiger partial charge in [-0.1, -0.05) is 25.0 Å². The van der Waals surface area contributed by atoms with Crippen LogP contribution in [-0.2, 0) is 9.53 Å². The van der Waals surface area contributed by atoms with Crippen LogP contribution in [0.25, 0.3) is 0 Å². The van der Waals surface area contributed by atoms with Crippen LogP contribution in [0, 0.1) is 0 Å². The first-order valence-corrected chi connectivity index (χ1v) is 11.4. The van der Waals surface area contributed by atoms with E-state index in [2.05, 4.69) is 10.6 Å². The second-order valence-electron chi connectivity index (χ2n) is 7.76. The number of likely N-dealkylation sites (tertiary alicyclic amines) is 1. The lowest BCUT2D eigenvalue weighted by Crippen LogP contribution is -2.31. The molecule has 7 nitrogen and oxygen atoms in total. The molecule has 1 aliphatic heterocycles. The molecule has 0 saturated carbocycles. The molecule has 0 atom stereocenters. The lowest BCUT2D eigenvalue weighted by Gasteiger charge is -2.20. The van der Waals surface area contributed by atoms with Gasteiger partial charge < -0.3 is 25.0 Å². The van der Waals surface area contributed by atoms with E-state index in [0.717, 1.165) is 31.6 Å². The third-order valence-corrected chi connectivity index (χ3v) is 5.27. The van der Waals surface area contributed by atoms with Crippen molar-refractivity contribution in [3.8, 4) is 5.75 Å². The van der Waals surface area contributed by atoms with Crippen molar-refractivity contribution in [2.75, 3.05) is 50.1 Å². The van der Waals surface area contributed by atoms with Crippen LogP contribution in [0.5, 0.6) is 5.75 Å². The zero-order chi connectivity index (χ0) is 22.6. The minimum Gasteiger partial charge on any atom is -0.491 e. The summed E-state index contributed by atoms with van der Waals surface area (Å²) in [5.74, 6) is 0.553. The number of hydrogen-bond acceptors (Lipinski definition) is 5. The molecule has 0 aromatic heterocycles. The SMILES string of the molecule is CCOCCOc1cccc(NC(=O)CNc2cccc(C(=O)N3CCCCCC3)c2)c1. The fraction of sp³-hybridized carbons (Fsp3) is 0.440. The second-order valence-corrected chi connectivity index (χ2v) is 7.76. The van der Waals surface area contributed by atoms with Crippen LogP contribution >= 0.6 is 0 Å². The normalized spacial score (nSPS) is 13.8. The number of nitrogens with one attached hydrogen (secondary N) is 2. The number of rotatable bonds is 10. The van der Waals surface area contributed by atoms with Gasteiger partial charge in [-0.05, 0) is 50.1 Å². The Hall–Kier alpha value is -3.06. The van der Waals surface area contributed by atoms with Crippen molar-refractivity contribution in [1.29, 1.82) is 0 Å². The summed E-state index contributed by atoms with van der Waals surface area (Å²) in [5.41, 5.74) is 2.05. The molecule has 0 aliphatic carbocycles. The highest BCUT2D eigenvalue weighted by Gasteiger charge is 2.17. The smallest absolute Gasteiger partial charge is 0.253 e. The van der Waals surface area contributed by atoms with Crippen LogP contribution in [0.2, 0.25) is 0 Å². The molecule has 32 heavy (non-hydrogen) atoms. The molecule has 0 radical (unpaired) electrons. The predicted molar refractivity (Wildman–Crippen MR) is 126 cm³/mol. The van der Waals surface area contributed by atoms with E-state index >= 15 is 0 Å². The van der Waals surface area contributed by atoms with E-state index in [1.54, 1.807) is 6.07 Å². The maximum atomic E-state index is 12.8. The third-order valence-electron chi connectivity index (χ3n) is 5.27. The van der Waals surface area contributed by atoms with E-state index < -0.39 is 0 Å². The van der Waals surface area contributed by atoms with Crippen molar-refractivity contribution < 1.29 is 19.1 Å². The number of carbonyl (C=O) groups excluding carboxylic acids is 2. The summed E-state index contributed by atoms with van der Waals surface area (Å²) in [6.45, 7) is 5.29. The molecule has 0 spiro atoms. The Morgan fingerprint density at radius 2 is 1.69 bits per heavy atom. The zero-order valence-electron chi connectivity index (χ0n) is 18.8. The Morgan fingerprint density at radius 1 is 0.938 bits per heavy atom. The average molecular weight is 440 g/mol. The number of hydrogen-bond donors (Lipinski definition) is 2. The molecule has 3 rings (SSSR count). The second kappa shape index (κ2) is 12.7. The Kier molecular flexibility index (Phi) is 9.37. The van der Waals surface area contributed by atoms with Crippen molar-refractivity contribution in [3.05, 3.63) is 54.1 Å². The highest BCUT2D eigenvalue weighted by Crippen LogP contribution is 2.18. The molecule has 172 valence electrons. The van der Waals surface area contributed by atoms with Gasteiger partial charge in [0.2, 0.25) is 5.91 Å². The molecule has 2 aromatic rings. The van der Waals surface area contributed by atoms with Crippen molar-refractivity contribution >= 4 is 23.2 Å². The van der Waals surface area contributed by atoms with E-state index in [1.807, 2.05) is 54.3 Å². The van der Waals surface area contributed by atoms with Gasteiger partial charge in [0, 0.05) is 42.7 Å². The Morgan fingerprint density at radius 3 is 2.47 bits per heavy atom. The van der Waals surface area contributed by atoms with Crippen molar-refractivity contribution in [2.24, 2.45) is 0 Å². The van der Waals surface area contributed by atoms with E-state index in [1.165, 1.54) is 12.8 Å². The van der Waals surface area contributed by atoms with Gasteiger partial charge in [0.05, 0.1) is 13.2 Å². The standard InChI is InChI=1S/C25H33N3O4/c1-2-31-15-16-32-23-12-8-11-22(18-23)27-24(29)19-26-21-10-7-9-20(17-21)25(30)28-13-5-3-4-6-14-28/h7-12,17-18,26H,2-6,13-16,19H2,1H3,(H,27,29). The van der Waals surface area contributed by atoms with Gasteiger partial charge in [0.25, 0.3) is 5.91 Å². The van der Waals surface area contributed by atoms with Gasteiger partial charge in [-0.2, -0.15) is 0 Å². The van der Waals surface area contributed by atoms with Crippen LogP contribution in [0.4, 0.5) is 11.4 Å². The highest BCUT2D eigenvalue weighted by molar-refractivity contribution is 5.96. The molecule has 2 amide bonds. The number of carbonyl (C=O) groups is 2. The predicted octanol–water partition coefficient (Wildman–Crippen LogP) is 4.17. The summed E-state index contributed by atoms with van der Waals surface area (Å²) in [4.78, 5) is 27.2. The molecule has 1 aliphatic rings. The summed E-state index contributed by atoms with van der Waals surface area (Å²) < 4.78 is 10.9. The maximum Gasteiger partial charge on any atom is 0.253 e. The van der Waals surface area contributed by atoms with Gasteiger partial charge in [0.1, 0.15) is 12.4 Å².